The molecule has 5 heteroatoms. The Morgan fingerprint density at radius 2 is 1.94 bits per heavy atom. The number of nitrogens with one attached hydrogen (secondary N) is 1. The molecular formula is C13H17BrN4. The zero-order valence-electron chi connectivity index (χ0n) is 10.3. The number of piperazine rings is 1. The van der Waals surface area contributed by atoms with E-state index in [0.717, 1.165) is 55.0 Å². The summed E-state index contributed by atoms with van der Waals surface area (Å²) >= 11 is 3.49. The summed E-state index contributed by atoms with van der Waals surface area (Å²) in [6, 6.07) is 8.20. The Bertz CT molecular complexity index is 483. The lowest BCUT2D eigenvalue weighted by molar-refractivity contribution is 0.273. The Hall–Kier alpha value is -1.07. The zero-order chi connectivity index (χ0) is 12.4. The lowest BCUT2D eigenvalue weighted by atomic mass is 10.3. The molecule has 4 nitrogen and oxygen atoms in total. The van der Waals surface area contributed by atoms with Crippen molar-refractivity contribution in [3.05, 3.63) is 24.3 Å². The minimum absolute atomic E-state index is 1.01. The lowest BCUT2D eigenvalue weighted by Gasteiger charge is -2.34. The van der Waals surface area contributed by atoms with Crippen molar-refractivity contribution in [2.45, 2.75) is 0 Å². The maximum Gasteiger partial charge on any atom is 0.203 e. The van der Waals surface area contributed by atoms with E-state index in [9.17, 15) is 0 Å². The van der Waals surface area contributed by atoms with Gasteiger partial charge in [-0.3, -0.25) is 4.90 Å². The molecule has 0 amide bonds. The molecule has 2 aromatic rings. The fraction of sp³-hybridized carbons (Fsp3) is 0.462. The van der Waals surface area contributed by atoms with E-state index in [0.29, 0.717) is 0 Å². The van der Waals surface area contributed by atoms with Gasteiger partial charge in [-0.05, 0) is 12.1 Å². The average molecular weight is 309 g/mol. The van der Waals surface area contributed by atoms with E-state index in [2.05, 4.69) is 47.8 Å². The number of fused-ring (bicyclic) bond motifs is 1. The van der Waals surface area contributed by atoms with Gasteiger partial charge in [0, 0.05) is 38.1 Å². The van der Waals surface area contributed by atoms with Gasteiger partial charge in [-0.2, -0.15) is 0 Å². The smallest absolute Gasteiger partial charge is 0.203 e. The largest absolute Gasteiger partial charge is 0.340 e. The number of nitrogens with zero attached hydrogens (tertiary/aromatic N) is 3. The molecule has 1 aliphatic heterocycles. The van der Waals surface area contributed by atoms with E-state index in [-0.39, 0.29) is 0 Å². The van der Waals surface area contributed by atoms with Crippen LogP contribution in [0.4, 0.5) is 5.95 Å². The maximum atomic E-state index is 4.65. The number of hydrogen-bond acceptors (Lipinski definition) is 3. The Balaban J connectivity index is 1.72. The molecule has 1 aromatic heterocycles. The first-order chi connectivity index (χ1) is 8.86. The molecule has 1 N–H and O–H groups in total. The van der Waals surface area contributed by atoms with Crippen molar-refractivity contribution in [1.29, 1.82) is 0 Å². The fourth-order valence-corrected chi connectivity index (χ4v) is 2.89. The molecule has 0 unspecified atom stereocenters. The predicted molar refractivity (Wildman–Crippen MR) is 78.5 cm³/mol. The number of aromatic nitrogens is 2. The number of anilines is 1. The molecule has 3 rings (SSSR count). The zero-order valence-corrected chi connectivity index (χ0v) is 11.9. The van der Waals surface area contributed by atoms with Crippen molar-refractivity contribution in [3.8, 4) is 0 Å². The van der Waals surface area contributed by atoms with E-state index in [1.165, 1.54) is 0 Å². The third-order valence-corrected chi connectivity index (χ3v) is 3.80. The van der Waals surface area contributed by atoms with Gasteiger partial charge in [-0.25, -0.2) is 4.98 Å². The summed E-state index contributed by atoms with van der Waals surface area (Å²) in [5, 5.41) is 1.05. The highest BCUT2D eigenvalue weighted by molar-refractivity contribution is 9.09. The van der Waals surface area contributed by atoms with Crippen LogP contribution in [0, 0.1) is 0 Å². The number of halogens is 1. The van der Waals surface area contributed by atoms with Crippen LogP contribution in [0.1, 0.15) is 0 Å². The highest BCUT2D eigenvalue weighted by atomic mass is 79.9. The summed E-state index contributed by atoms with van der Waals surface area (Å²) in [4.78, 5) is 12.9. The highest BCUT2D eigenvalue weighted by Crippen LogP contribution is 2.18. The van der Waals surface area contributed by atoms with Crippen molar-refractivity contribution < 1.29 is 0 Å². The third-order valence-electron chi connectivity index (χ3n) is 3.45. The maximum absolute atomic E-state index is 4.65. The van der Waals surface area contributed by atoms with Crippen molar-refractivity contribution in [2.24, 2.45) is 0 Å². The van der Waals surface area contributed by atoms with Crippen LogP contribution in [0.2, 0.25) is 0 Å². The normalized spacial score (nSPS) is 17.5. The molecule has 0 saturated carbocycles. The molecular weight excluding hydrogens is 292 g/mol. The lowest BCUT2D eigenvalue weighted by Crippen LogP contribution is -2.47. The molecule has 0 bridgehead atoms. The van der Waals surface area contributed by atoms with E-state index in [1.54, 1.807) is 0 Å². The van der Waals surface area contributed by atoms with E-state index in [4.69, 9.17) is 0 Å². The first-order valence-corrected chi connectivity index (χ1v) is 7.47. The van der Waals surface area contributed by atoms with Gasteiger partial charge in [0.05, 0.1) is 11.0 Å². The first kappa shape index (κ1) is 12.0. The summed E-state index contributed by atoms with van der Waals surface area (Å²) in [6.45, 7) is 5.46. The quantitative estimate of drug-likeness (QED) is 0.882. The summed E-state index contributed by atoms with van der Waals surface area (Å²) in [7, 11) is 0. The molecule has 1 fully saturated rings. The summed E-state index contributed by atoms with van der Waals surface area (Å²) in [5.41, 5.74) is 2.17. The van der Waals surface area contributed by atoms with E-state index >= 15 is 0 Å². The van der Waals surface area contributed by atoms with Crippen LogP contribution >= 0.6 is 15.9 Å². The summed E-state index contributed by atoms with van der Waals surface area (Å²) in [6.07, 6.45) is 0. The van der Waals surface area contributed by atoms with Gasteiger partial charge in [0.25, 0.3) is 0 Å². The van der Waals surface area contributed by atoms with Gasteiger partial charge in [0.2, 0.25) is 5.95 Å². The van der Waals surface area contributed by atoms with E-state index in [1.807, 2.05) is 12.1 Å². The Morgan fingerprint density at radius 1 is 1.17 bits per heavy atom. The molecule has 1 aliphatic rings. The van der Waals surface area contributed by atoms with Crippen LogP contribution < -0.4 is 4.90 Å². The van der Waals surface area contributed by atoms with E-state index < -0.39 is 0 Å². The number of rotatable bonds is 3. The molecule has 0 radical (unpaired) electrons. The van der Waals surface area contributed by atoms with Gasteiger partial charge < -0.3 is 9.88 Å². The molecule has 0 spiro atoms. The topological polar surface area (TPSA) is 35.2 Å². The number of imidazole rings is 1. The van der Waals surface area contributed by atoms with Crippen molar-refractivity contribution in [3.63, 3.8) is 0 Å². The monoisotopic (exact) mass is 308 g/mol. The molecule has 0 aliphatic carbocycles. The average Bonchev–Trinajstić information content (AvgIpc) is 2.84. The van der Waals surface area contributed by atoms with Crippen LogP contribution in [0.3, 0.4) is 0 Å². The number of hydrogen-bond donors (Lipinski definition) is 1. The van der Waals surface area contributed by atoms with Gasteiger partial charge >= 0.3 is 0 Å². The highest BCUT2D eigenvalue weighted by Gasteiger charge is 2.18. The summed E-state index contributed by atoms with van der Waals surface area (Å²) < 4.78 is 0. The van der Waals surface area contributed by atoms with Crippen LogP contribution in [-0.4, -0.2) is 52.9 Å². The second-order valence-corrected chi connectivity index (χ2v) is 5.39. The van der Waals surface area contributed by atoms with Gasteiger partial charge in [-0.15, -0.1) is 0 Å². The molecule has 96 valence electrons. The number of para-hydroxylation sites is 2. The SMILES string of the molecule is BrCCN1CCN(c2nc3ccccc3[nH]2)CC1. The van der Waals surface area contributed by atoms with Crippen molar-refractivity contribution in [2.75, 3.05) is 43.0 Å². The van der Waals surface area contributed by atoms with Gasteiger partial charge in [-0.1, -0.05) is 28.1 Å². The number of aromatic amines is 1. The Morgan fingerprint density at radius 3 is 2.67 bits per heavy atom. The van der Waals surface area contributed by atoms with Crippen molar-refractivity contribution >= 4 is 32.9 Å². The minimum atomic E-state index is 1.01. The van der Waals surface area contributed by atoms with Crippen LogP contribution in [0.25, 0.3) is 11.0 Å². The molecule has 0 atom stereocenters. The summed E-state index contributed by atoms with van der Waals surface area (Å²) in [5.74, 6) is 1.01. The molecule has 18 heavy (non-hydrogen) atoms. The fourth-order valence-electron chi connectivity index (χ4n) is 2.39. The van der Waals surface area contributed by atoms with Crippen molar-refractivity contribution in [1.82, 2.24) is 14.9 Å². The van der Waals surface area contributed by atoms with Crippen LogP contribution in [0.15, 0.2) is 24.3 Å². The number of H-pyrrole nitrogens is 1. The first-order valence-electron chi connectivity index (χ1n) is 6.35. The second kappa shape index (κ2) is 5.28. The van der Waals surface area contributed by atoms with Gasteiger partial charge in [0.15, 0.2) is 0 Å². The molecule has 1 aromatic carbocycles. The Kier molecular flexibility index (Phi) is 3.52. The predicted octanol–water partition coefficient (Wildman–Crippen LogP) is 2.08. The second-order valence-electron chi connectivity index (χ2n) is 4.60. The van der Waals surface area contributed by atoms with Gasteiger partial charge in [0.1, 0.15) is 0 Å². The third kappa shape index (κ3) is 2.37. The standard InChI is InChI=1S/C13H17BrN4/c14-5-6-17-7-9-18(10-8-17)13-15-11-3-1-2-4-12(11)16-13/h1-4H,5-10H2,(H,15,16). The Labute approximate surface area is 115 Å². The van der Waals surface area contributed by atoms with Crippen LogP contribution in [0.5, 0.6) is 0 Å². The molecule has 2 heterocycles. The number of alkyl halides is 1. The molecule has 1 saturated heterocycles. The number of benzene rings is 1. The van der Waals surface area contributed by atoms with Crippen LogP contribution in [-0.2, 0) is 0 Å². The minimum Gasteiger partial charge on any atom is -0.340 e.